The molecule has 1 aliphatic heterocycles. The molecule has 0 radical (unpaired) electrons. The summed E-state index contributed by atoms with van der Waals surface area (Å²) in [5, 5.41) is 5.61. The molecule has 110 valence electrons. The second kappa shape index (κ2) is 8.71. The molecule has 2 heterocycles. The number of carbonyl (C=O) groups is 1. The summed E-state index contributed by atoms with van der Waals surface area (Å²) < 4.78 is 0. The molecular formula is C11H20Cl2N4OS. The summed E-state index contributed by atoms with van der Waals surface area (Å²) in [5.74, 6) is -0.0736. The molecule has 1 aliphatic rings. The molecule has 0 aliphatic carbocycles. The average molecular weight is 327 g/mol. The molecule has 0 saturated carbocycles. The molecule has 1 aromatic rings. The van der Waals surface area contributed by atoms with Gasteiger partial charge in [0.1, 0.15) is 10.7 Å². The van der Waals surface area contributed by atoms with Crippen LogP contribution in [0.15, 0.2) is 5.38 Å². The Kier molecular flexibility index (Phi) is 8.52. The van der Waals surface area contributed by atoms with Crippen molar-refractivity contribution in [2.75, 3.05) is 20.1 Å². The quantitative estimate of drug-likeness (QED) is 0.877. The van der Waals surface area contributed by atoms with Gasteiger partial charge in [0.2, 0.25) is 0 Å². The number of rotatable bonds is 3. The van der Waals surface area contributed by atoms with Crippen LogP contribution in [0.2, 0.25) is 0 Å². The SMILES string of the molecule is CN1CCC(NC(=O)c2csc(CN)n2)CC1.Cl.Cl. The summed E-state index contributed by atoms with van der Waals surface area (Å²) in [6.45, 7) is 2.47. The summed E-state index contributed by atoms with van der Waals surface area (Å²) in [6.07, 6.45) is 2.02. The van der Waals surface area contributed by atoms with Crippen LogP contribution in [0.4, 0.5) is 0 Å². The zero-order valence-electron chi connectivity index (χ0n) is 10.8. The van der Waals surface area contributed by atoms with Crippen molar-refractivity contribution in [1.29, 1.82) is 0 Å². The van der Waals surface area contributed by atoms with Crippen LogP contribution in [0.5, 0.6) is 0 Å². The lowest BCUT2D eigenvalue weighted by Gasteiger charge is -2.29. The van der Waals surface area contributed by atoms with Crippen LogP contribution >= 0.6 is 36.2 Å². The maximum atomic E-state index is 11.9. The second-order valence-corrected chi connectivity index (χ2v) is 5.32. The summed E-state index contributed by atoms with van der Waals surface area (Å²) in [4.78, 5) is 18.4. The molecule has 1 amide bonds. The number of halogens is 2. The monoisotopic (exact) mass is 326 g/mol. The number of hydrogen-bond acceptors (Lipinski definition) is 5. The summed E-state index contributed by atoms with van der Waals surface area (Å²) in [7, 11) is 2.10. The third-order valence-corrected chi connectivity index (χ3v) is 3.88. The first-order valence-corrected chi connectivity index (χ1v) is 6.71. The molecule has 1 saturated heterocycles. The standard InChI is InChI=1S/C11H18N4OS.2ClH/c1-15-4-2-8(3-5-15)13-11(16)9-7-17-10(6-12)14-9;;/h7-8H,2-6,12H2,1H3,(H,13,16);2*1H. The fourth-order valence-electron chi connectivity index (χ4n) is 1.92. The highest BCUT2D eigenvalue weighted by Gasteiger charge is 2.20. The third-order valence-electron chi connectivity index (χ3n) is 3.01. The van der Waals surface area contributed by atoms with E-state index in [9.17, 15) is 4.79 Å². The first kappa shape index (κ1) is 18.6. The number of nitrogens with two attached hydrogens (primary N) is 1. The van der Waals surface area contributed by atoms with E-state index in [1.54, 1.807) is 5.38 Å². The molecule has 19 heavy (non-hydrogen) atoms. The molecule has 1 fully saturated rings. The normalized spacial score (nSPS) is 16.3. The maximum Gasteiger partial charge on any atom is 0.270 e. The number of thiazole rings is 1. The smallest absolute Gasteiger partial charge is 0.270 e. The molecule has 0 atom stereocenters. The van der Waals surface area contributed by atoms with E-state index >= 15 is 0 Å². The third kappa shape index (κ3) is 5.24. The van der Waals surface area contributed by atoms with Gasteiger partial charge in [-0.2, -0.15) is 0 Å². The number of piperidine rings is 1. The van der Waals surface area contributed by atoms with E-state index in [-0.39, 0.29) is 36.8 Å². The van der Waals surface area contributed by atoms with Gasteiger partial charge in [-0.15, -0.1) is 36.2 Å². The van der Waals surface area contributed by atoms with Crippen LogP contribution in [-0.2, 0) is 6.54 Å². The minimum Gasteiger partial charge on any atom is -0.348 e. The number of nitrogens with one attached hydrogen (secondary N) is 1. The summed E-state index contributed by atoms with van der Waals surface area (Å²) in [6, 6.07) is 0.279. The van der Waals surface area contributed by atoms with Gasteiger partial charge in [-0.25, -0.2) is 4.98 Å². The van der Waals surface area contributed by atoms with Gasteiger partial charge in [0, 0.05) is 18.0 Å². The molecule has 0 bridgehead atoms. The lowest BCUT2D eigenvalue weighted by atomic mass is 10.1. The Labute approximate surface area is 129 Å². The van der Waals surface area contributed by atoms with E-state index in [4.69, 9.17) is 5.73 Å². The van der Waals surface area contributed by atoms with Gasteiger partial charge in [0.25, 0.3) is 5.91 Å². The predicted octanol–water partition coefficient (Wildman–Crippen LogP) is 1.27. The Morgan fingerprint density at radius 2 is 2.16 bits per heavy atom. The van der Waals surface area contributed by atoms with Crippen molar-refractivity contribution in [3.8, 4) is 0 Å². The fraction of sp³-hybridized carbons (Fsp3) is 0.636. The molecule has 8 heteroatoms. The fourth-order valence-corrected chi connectivity index (χ4v) is 2.58. The molecular weight excluding hydrogens is 307 g/mol. The van der Waals surface area contributed by atoms with E-state index in [1.807, 2.05) is 0 Å². The van der Waals surface area contributed by atoms with E-state index in [0.29, 0.717) is 12.2 Å². The maximum absolute atomic E-state index is 11.9. The molecule has 1 aromatic heterocycles. The van der Waals surface area contributed by atoms with Crippen molar-refractivity contribution in [3.63, 3.8) is 0 Å². The predicted molar refractivity (Wildman–Crippen MR) is 82.5 cm³/mol. The topological polar surface area (TPSA) is 71.2 Å². The number of hydrogen-bond donors (Lipinski definition) is 2. The van der Waals surface area contributed by atoms with Crippen molar-refractivity contribution >= 4 is 42.1 Å². The van der Waals surface area contributed by atoms with E-state index < -0.39 is 0 Å². The van der Waals surface area contributed by atoms with Crippen molar-refractivity contribution in [2.45, 2.75) is 25.4 Å². The van der Waals surface area contributed by atoms with Gasteiger partial charge in [-0.3, -0.25) is 4.79 Å². The van der Waals surface area contributed by atoms with Gasteiger partial charge in [-0.1, -0.05) is 0 Å². The zero-order valence-corrected chi connectivity index (χ0v) is 13.2. The first-order valence-electron chi connectivity index (χ1n) is 5.83. The Balaban J connectivity index is 0.00000162. The zero-order chi connectivity index (χ0) is 12.3. The largest absolute Gasteiger partial charge is 0.348 e. The van der Waals surface area contributed by atoms with Crippen LogP contribution in [0.1, 0.15) is 28.3 Å². The number of amides is 1. The van der Waals surface area contributed by atoms with Gasteiger partial charge in [0.05, 0.1) is 0 Å². The minimum absolute atomic E-state index is 0. The van der Waals surface area contributed by atoms with Crippen LogP contribution in [0.25, 0.3) is 0 Å². The van der Waals surface area contributed by atoms with E-state index in [2.05, 4.69) is 22.2 Å². The number of nitrogens with zero attached hydrogens (tertiary/aromatic N) is 2. The first-order chi connectivity index (χ1) is 8.19. The van der Waals surface area contributed by atoms with Crippen LogP contribution < -0.4 is 11.1 Å². The Morgan fingerprint density at radius 1 is 1.53 bits per heavy atom. The highest BCUT2D eigenvalue weighted by molar-refractivity contribution is 7.09. The highest BCUT2D eigenvalue weighted by atomic mass is 35.5. The van der Waals surface area contributed by atoms with E-state index in [1.165, 1.54) is 11.3 Å². The van der Waals surface area contributed by atoms with Crippen LogP contribution in [0, 0.1) is 0 Å². The molecule has 0 aromatic carbocycles. The Hall–Kier alpha value is -0.400. The molecule has 0 spiro atoms. The molecule has 0 unspecified atom stereocenters. The lowest BCUT2D eigenvalue weighted by molar-refractivity contribution is 0.0912. The summed E-state index contributed by atoms with van der Waals surface area (Å²) in [5.41, 5.74) is 5.97. The summed E-state index contributed by atoms with van der Waals surface area (Å²) >= 11 is 1.44. The minimum atomic E-state index is -0.0736. The van der Waals surface area contributed by atoms with Crippen LogP contribution in [0.3, 0.4) is 0 Å². The highest BCUT2D eigenvalue weighted by Crippen LogP contribution is 2.11. The average Bonchev–Trinajstić information content (AvgIpc) is 2.81. The van der Waals surface area contributed by atoms with Crippen molar-refractivity contribution in [3.05, 3.63) is 16.1 Å². The van der Waals surface area contributed by atoms with Gasteiger partial charge < -0.3 is 16.0 Å². The molecule has 2 rings (SSSR count). The van der Waals surface area contributed by atoms with Crippen LogP contribution in [-0.4, -0.2) is 42.0 Å². The van der Waals surface area contributed by atoms with Crippen molar-refractivity contribution in [1.82, 2.24) is 15.2 Å². The van der Waals surface area contributed by atoms with E-state index in [0.717, 1.165) is 30.9 Å². The molecule has 3 N–H and O–H groups in total. The Bertz CT molecular complexity index is 394. The van der Waals surface area contributed by atoms with Gasteiger partial charge in [0.15, 0.2) is 0 Å². The Morgan fingerprint density at radius 3 is 2.68 bits per heavy atom. The van der Waals surface area contributed by atoms with Gasteiger partial charge >= 0.3 is 0 Å². The van der Waals surface area contributed by atoms with Crippen molar-refractivity contribution in [2.24, 2.45) is 5.73 Å². The number of likely N-dealkylation sites (tertiary alicyclic amines) is 1. The number of aromatic nitrogens is 1. The lowest BCUT2D eigenvalue weighted by Crippen LogP contribution is -2.43. The number of carbonyl (C=O) groups excluding carboxylic acids is 1. The van der Waals surface area contributed by atoms with Gasteiger partial charge in [-0.05, 0) is 33.0 Å². The second-order valence-electron chi connectivity index (χ2n) is 4.38. The van der Waals surface area contributed by atoms with Crippen molar-refractivity contribution < 1.29 is 4.79 Å². The molecule has 5 nitrogen and oxygen atoms in total.